The summed E-state index contributed by atoms with van der Waals surface area (Å²) in [4.78, 5) is 75.1. The molecule has 2 fully saturated rings. The van der Waals surface area contributed by atoms with Crippen molar-refractivity contribution in [3.8, 4) is 11.4 Å². The van der Waals surface area contributed by atoms with Gasteiger partial charge in [0.25, 0.3) is 5.56 Å². The Morgan fingerprint density at radius 3 is 2.76 bits per heavy atom. The van der Waals surface area contributed by atoms with Crippen LogP contribution in [0.1, 0.15) is 82.1 Å². The molecule has 3 amide bonds. The highest BCUT2D eigenvalue weighted by atomic mass is 33.1. The van der Waals surface area contributed by atoms with Gasteiger partial charge in [-0.3, -0.25) is 9.59 Å². The quantitative estimate of drug-likeness (QED) is 0.0315. The van der Waals surface area contributed by atoms with Crippen molar-refractivity contribution < 1.29 is 38.2 Å². The number of ether oxygens (including phenoxy) is 3. The maximum atomic E-state index is 14.1. The molecule has 6 heterocycles. The molecule has 0 radical (unpaired) electrons. The molecule has 0 aliphatic carbocycles. The summed E-state index contributed by atoms with van der Waals surface area (Å²) in [6, 6.07) is 9.62. The normalized spacial score (nSPS) is 21.8. The number of urea groups is 1. The Bertz CT molecular complexity index is 2180. The molecule has 4 atom stereocenters. The first-order valence-corrected chi connectivity index (χ1v) is 23.1. The third kappa shape index (κ3) is 8.93. The molecule has 3 aromatic rings. The van der Waals surface area contributed by atoms with Crippen molar-refractivity contribution in [3.63, 3.8) is 0 Å². The number of pyridine rings is 2. The van der Waals surface area contributed by atoms with E-state index in [0.29, 0.717) is 46.6 Å². The van der Waals surface area contributed by atoms with Gasteiger partial charge >= 0.3 is 18.2 Å². The number of unbranched alkanes of at least 4 members (excludes halogenated alkanes) is 1. The van der Waals surface area contributed by atoms with Crippen LogP contribution in [0.3, 0.4) is 0 Å². The van der Waals surface area contributed by atoms with Crippen molar-refractivity contribution in [2.75, 3.05) is 30.4 Å². The zero-order valence-electron chi connectivity index (χ0n) is 32.9. The first-order chi connectivity index (χ1) is 27.9. The number of rotatable bonds is 16. The van der Waals surface area contributed by atoms with Crippen molar-refractivity contribution in [2.24, 2.45) is 5.16 Å². The standard InChI is InChI=1S/C40H48N6O9S3/c1-5-40(54-38(51)52-15-17-58-57-16-14-41-32(47)13-9-8-12-31-34-29(22-56-31)44-37(50)45-34)27-18-30-33-25(20-46(30)35(48)26(27)21-53-36(40)49)24(19-42-55-39(2,3)4)23-10-6-7-11-28(23)43-33/h6-7,10-11,18-19,29,31,34H,5,8-9,12-17,20-22H2,1-4H3,(H,41,47)(H2,44,45,50)/b42-19+/t29-,31-,34-,40-/m0/s1. The summed E-state index contributed by atoms with van der Waals surface area (Å²) in [5.41, 5.74) is 0.980. The summed E-state index contributed by atoms with van der Waals surface area (Å²) in [7, 11) is 3.02. The van der Waals surface area contributed by atoms with Gasteiger partial charge < -0.3 is 39.6 Å². The first kappa shape index (κ1) is 41.7. The number of cyclic esters (lactones) is 1. The van der Waals surface area contributed by atoms with Gasteiger partial charge in [0.2, 0.25) is 11.5 Å². The summed E-state index contributed by atoms with van der Waals surface area (Å²) in [5, 5.41) is 14.4. The Morgan fingerprint density at radius 2 is 1.95 bits per heavy atom. The Balaban J connectivity index is 0.909. The SMILES string of the molecule is CC[C@@]1(OC(=O)OCCSSCCNC(=O)CCCC[C@@H]2SC[C@@H]3NC(=O)N[C@@H]32)C(=O)OCc2c1cc1n(c2=O)Cc2c-1nc1ccccc1c2/C=N/OC(C)(C)C. The lowest BCUT2D eigenvalue weighted by Crippen LogP contribution is -2.47. The summed E-state index contributed by atoms with van der Waals surface area (Å²) < 4.78 is 18.2. The molecule has 2 aromatic heterocycles. The third-order valence-electron chi connectivity index (χ3n) is 10.4. The van der Waals surface area contributed by atoms with E-state index in [-0.39, 0.29) is 66.9 Å². The fourth-order valence-electron chi connectivity index (χ4n) is 7.64. The molecule has 310 valence electrons. The van der Waals surface area contributed by atoms with E-state index >= 15 is 0 Å². The minimum Gasteiger partial charge on any atom is -0.457 e. The molecule has 0 bridgehead atoms. The molecule has 4 aliphatic heterocycles. The zero-order valence-corrected chi connectivity index (χ0v) is 35.4. The first-order valence-electron chi connectivity index (χ1n) is 19.5. The monoisotopic (exact) mass is 852 g/mol. The van der Waals surface area contributed by atoms with Gasteiger partial charge in [-0.15, -0.1) is 0 Å². The molecular weight excluding hydrogens is 805 g/mol. The molecule has 18 heteroatoms. The lowest BCUT2D eigenvalue weighted by Gasteiger charge is -2.35. The zero-order chi connectivity index (χ0) is 41.0. The van der Waals surface area contributed by atoms with Crippen LogP contribution in [0.15, 0.2) is 40.3 Å². The number of thioether (sulfide) groups is 1. The Kier molecular flexibility index (Phi) is 12.8. The Morgan fingerprint density at radius 1 is 1.14 bits per heavy atom. The number of nitrogens with zero attached hydrogens (tertiary/aromatic N) is 3. The molecule has 1 aromatic carbocycles. The molecule has 0 unspecified atom stereocenters. The minimum atomic E-state index is -1.90. The predicted molar refractivity (Wildman–Crippen MR) is 225 cm³/mol. The van der Waals surface area contributed by atoms with Gasteiger partial charge in [0.15, 0.2) is 0 Å². The highest BCUT2D eigenvalue weighted by Crippen LogP contribution is 2.42. The highest BCUT2D eigenvalue weighted by Gasteiger charge is 2.51. The predicted octanol–water partition coefficient (Wildman–Crippen LogP) is 5.61. The number of hydrogen-bond donors (Lipinski definition) is 3. The number of fused-ring (bicyclic) bond motifs is 6. The second-order valence-electron chi connectivity index (χ2n) is 15.4. The van der Waals surface area contributed by atoms with E-state index in [1.165, 1.54) is 10.8 Å². The highest BCUT2D eigenvalue weighted by molar-refractivity contribution is 8.76. The maximum Gasteiger partial charge on any atom is 0.509 e. The number of carbonyl (C=O) groups excluding carboxylic acids is 4. The average Bonchev–Trinajstić information content (AvgIpc) is 3.87. The average molecular weight is 853 g/mol. The van der Waals surface area contributed by atoms with Crippen LogP contribution in [-0.4, -0.2) is 93.2 Å². The number of nitrogens with one attached hydrogen (secondary N) is 3. The lowest BCUT2D eigenvalue weighted by atomic mass is 9.85. The van der Waals surface area contributed by atoms with Crippen molar-refractivity contribution in [2.45, 2.75) is 101 Å². The number of hydrogen-bond acceptors (Lipinski definition) is 14. The number of amides is 3. The van der Waals surface area contributed by atoms with Gasteiger partial charge in [0, 0.05) is 57.6 Å². The van der Waals surface area contributed by atoms with Crippen LogP contribution in [-0.2, 0) is 47.4 Å². The number of para-hydroxylation sites is 1. The lowest BCUT2D eigenvalue weighted by molar-refractivity contribution is -0.175. The van der Waals surface area contributed by atoms with E-state index in [0.717, 1.165) is 41.5 Å². The fourth-order valence-corrected chi connectivity index (χ4v) is 10.9. The molecule has 7 rings (SSSR count). The van der Waals surface area contributed by atoms with Gasteiger partial charge in [0.1, 0.15) is 18.8 Å². The van der Waals surface area contributed by atoms with E-state index in [1.54, 1.807) is 34.6 Å². The van der Waals surface area contributed by atoms with Crippen LogP contribution in [0.2, 0.25) is 0 Å². The van der Waals surface area contributed by atoms with E-state index in [9.17, 15) is 24.0 Å². The van der Waals surface area contributed by atoms with E-state index in [4.69, 9.17) is 24.0 Å². The number of esters is 1. The molecule has 0 spiro atoms. The van der Waals surface area contributed by atoms with Crippen LogP contribution in [0.5, 0.6) is 0 Å². The minimum absolute atomic E-state index is 0.00500. The summed E-state index contributed by atoms with van der Waals surface area (Å²) in [6.07, 6.45) is 3.76. The summed E-state index contributed by atoms with van der Waals surface area (Å²) in [6.45, 7) is 7.87. The largest absolute Gasteiger partial charge is 0.509 e. The Hall–Kier alpha value is -4.42. The van der Waals surface area contributed by atoms with E-state index in [2.05, 4.69) is 21.1 Å². The van der Waals surface area contributed by atoms with Crippen LogP contribution in [0.25, 0.3) is 22.3 Å². The molecule has 3 N–H and O–H groups in total. The number of benzene rings is 1. The van der Waals surface area contributed by atoms with Gasteiger partial charge in [0.05, 0.1) is 47.3 Å². The van der Waals surface area contributed by atoms with Gasteiger partial charge in [-0.1, -0.05) is 58.3 Å². The molecule has 2 saturated heterocycles. The van der Waals surface area contributed by atoms with Crippen molar-refractivity contribution in [3.05, 3.63) is 62.9 Å². The summed E-state index contributed by atoms with van der Waals surface area (Å²) >= 11 is 1.88. The van der Waals surface area contributed by atoms with Crippen LogP contribution in [0.4, 0.5) is 9.59 Å². The topological polar surface area (TPSA) is 189 Å². The van der Waals surface area contributed by atoms with E-state index in [1.807, 2.05) is 56.8 Å². The van der Waals surface area contributed by atoms with Gasteiger partial charge in [-0.05, 0) is 52.2 Å². The smallest absolute Gasteiger partial charge is 0.457 e. The van der Waals surface area contributed by atoms with E-state index < -0.39 is 23.3 Å². The second kappa shape index (κ2) is 17.8. The van der Waals surface area contributed by atoms with Crippen molar-refractivity contribution in [1.82, 2.24) is 25.5 Å². The summed E-state index contributed by atoms with van der Waals surface area (Å²) in [5.74, 6) is 1.28. The van der Waals surface area contributed by atoms with Crippen LogP contribution >= 0.6 is 33.3 Å². The molecular formula is C40H48N6O9S3. The number of carbonyl (C=O) groups is 4. The number of oxime groups is 1. The molecule has 15 nitrogen and oxygen atoms in total. The van der Waals surface area contributed by atoms with Gasteiger partial charge in [-0.25, -0.2) is 19.4 Å². The van der Waals surface area contributed by atoms with Gasteiger partial charge in [-0.2, -0.15) is 11.8 Å². The number of aromatic nitrogens is 2. The molecule has 0 saturated carbocycles. The second-order valence-corrected chi connectivity index (χ2v) is 19.4. The van der Waals surface area contributed by atoms with Crippen molar-refractivity contribution in [1.29, 1.82) is 0 Å². The fraction of sp³-hybridized carbons (Fsp3) is 0.525. The third-order valence-corrected chi connectivity index (χ3v) is 14.3. The van der Waals surface area contributed by atoms with Crippen molar-refractivity contribution >= 4 is 74.5 Å². The molecule has 4 aliphatic rings. The van der Waals surface area contributed by atoms with Crippen LogP contribution < -0.4 is 21.5 Å². The molecule has 58 heavy (non-hydrogen) atoms. The Labute approximate surface area is 348 Å². The maximum absolute atomic E-state index is 14.1. The van der Waals surface area contributed by atoms with Crippen LogP contribution in [0, 0.1) is 0 Å².